The third-order valence-corrected chi connectivity index (χ3v) is 2.40. The van der Waals surface area contributed by atoms with Gasteiger partial charge in [0.15, 0.2) is 0 Å². The Morgan fingerprint density at radius 2 is 2.00 bits per heavy atom. The molecule has 1 aromatic rings. The number of benzene rings is 1. The van der Waals surface area contributed by atoms with Crippen molar-refractivity contribution < 1.29 is 4.39 Å². The zero-order valence-electron chi connectivity index (χ0n) is 8.84. The SMILES string of the molecule is CC(C)C[C@@H](N)c1ccc(Cl)c(F)c1.Cl. The summed E-state index contributed by atoms with van der Waals surface area (Å²) >= 11 is 5.58. The summed E-state index contributed by atoms with van der Waals surface area (Å²) in [5, 5.41) is 0.144. The monoisotopic (exact) mass is 251 g/mol. The van der Waals surface area contributed by atoms with Gasteiger partial charge in [-0.3, -0.25) is 0 Å². The van der Waals surface area contributed by atoms with E-state index in [1.165, 1.54) is 6.07 Å². The van der Waals surface area contributed by atoms with Gasteiger partial charge in [0.05, 0.1) is 5.02 Å². The Hall–Kier alpha value is -0.310. The number of nitrogens with two attached hydrogens (primary N) is 1. The molecule has 0 unspecified atom stereocenters. The fraction of sp³-hybridized carbons (Fsp3) is 0.455. The van der Waals surface area contributed by atoms with E-state index in [2.05, 4.69) is 13.8 Å². The highest BCUT2D eigenvalue weighted by atomic mass is 35.5. The van der Waals surface area contributed by atoms with Gasteiger partial charge in [0.2, 0.25) is 0 Å². The topological polar surface area (TPSA) is 26.0 Å². The average molecular weight is 252 g/mol. The summed E-state index contributed by atoms with van der Waals surface area (Å²) in [6.45, 7) is 4.18. The molecule has 0 spiro atoms. The molecule has 0 heterocycles. The molecule has 0 aliphatic rings. The third kappa shape index (κ3) is 4.37. The van der Waals surface area contributed by atoms with Gasteiger partial charge in [-0.25, -0.2) is 4.39 Å². The van der Waals surface area contributed by atoms with Crippen LogP contribution in [0.25, 0.3) is 0 Å². The van der Waals surface area contributed by atoms with E-state index in [1.54, 1.807) is 12.1 Å². The standard InChI is InChI=1S/C11H15ClFN.ClH/c1-7(2)5-11(14)8-3-4-9(12)10(13)6-8;/h3-4,6-7,11H,5,14H2,1-2H3;1H/t11-;/m1./s1. The molecule has 86 valence electrons. The van der Waals surface area contributed by atoms with Gasteiger partial charge < -0.3 is 5.73 Å². The van der Waals surface area contributed by atoms with E-state index >= 15 is 0 Å². The molecule has 1 nitrogen and oxygen atoms in total. The van der Waals surface area contributed by atoms with Crippen molar-refractivity contribution in [1.29, 1.82) is 0 Å². The van der Waals surface area contributed by atoms with Gasteiger partial charge in [-0.05, 0) is 30.0 Å². The molecule has 4 heteroatoms. The van der Waals surface area contributed by atoms with Gasteiger partial charge in [0.1, 0.15) is 5.82 Å². The van der Waals surface area contributed by atoms with E-state index < -0.39 is 5.82 Å². The largest absolute Gasteiger partial charge is 0.324 e. The zero-order chi connectivity index (χ0) is 10.7. The van der Waals surface area contributed by atoms with Crippen LogP contribution in [0.3, 0.4) is 0 Å². The third-order valence-electron chi connectivity index (χ3n) is 2.10. The lowest BCUT2D eigenvalue weighted by Crippen LogP contribution is -2.13. The summed E-state index contributed by atoms with van der Waals surface area (Å²) in [5.41, 5.74) is 6.71. The second-order valence-electron chi connectivity index (χ2n) is 3.91. The molecular formula is C11H16Cl2FN. The van der Waals surface area contributed by atoms with Crippen LogP contribution in [-0.2, 0) is 0 Å². The summed E-state index contributed by atoms with van der Waals surface area (Å²) in [4.78, 5) is 0. The minimum Gasteiger partial charge on any atom is -0.324 e. The molecule has 0 saturated carbocycles. The van der Waals surface area contributed by atoms with E-state index in [-0.39, 0.29) is 23.5 Å². The first-order valence-electron chi connectivity index (χ1n) is 4.71. The minimum atomic E-state index is -0.400. The van der Waals surface area contributed by atoms with Gasteiger partial charge in [0, 0.05) is 6.04 Å². The molecule has 1 atom stereocenters. The maximum absolute atomic E-state index is 13.1. The molecule has 0 bridgehead atoms. The Kier molecular flexibility index (Phi) is 6.18. The second kappa shape index (κ2) is 6.31. The molecule has 0 aromatic heterocycles. The number of halogens is 3. The van der Waals surface area contributed by atoms with Crippen molar-refractivity contribution >= 4 is 24.0 Å². The van der Waals surface area contributed by atoms with E-state index in [1.807, 2.05) is 0 Å². The summed E-state index contributed by atoms with van der Waals surface area (Å²) < 4.78 is 13.1. The maximum Gasteiger partial charge on any atom is 0.142 e. The van der Waals surface area contributed by atoms with Crippen LogP contribution in [0.1, 0.15) is 31.9 Å². The summed E-state index contributed by atoms with van der Waals surface area (Å²) in [7, 11) is 0. The first-order chi connectivity index (χ1) is 6.50. The van der Waals surface area contributed by atoms with Gasteiger partial charge >= 0.3 is 0 Å². The summed E-state index contributed by atoms with van der Waals surface area (Å²) in [6, 6.07) is 4.63. The molecule has 0 amide bonds. The lowest BCUT2D eigenvalue weighted by Gasteiger charge is -2.14. The molecular weight excluding hydrogens is 236 g/mol. The highest BCUT2D eigenvalue weighted by Gasteiger charge is 2.10. The van der Waals surface area contributed by atoms with Crippen LogP contribution in [0.15, 0.2) is 18.2 Å². The van der Waals surface area contributed by atoms with Crippen LogP contribution in [0.2, 0.25) is 5.02 Å². The van der Waals surface area contributed by atoms with Crippen LogP contribution < -0.4 is 5.73 Å². The molecule has 15 heavy (non-hydrogen) atoms. The Morgan fingerprint density at radius 1 is 1.40 bits per heavy atom. The first-order valence-corrected chi connectivity index (χ1v) is 5.09. The van der Waals surface area contributed by atoms with Gasteiger partial charge in [-0.15, -0.1) is 12.4 Å². The lowest BCUT2D eigenvalue weighted by atomic mass is 9.98. The number of hydrogen-bond donors (Lipinski definition) is 1. The summed E-state index contributed by atoms with van der Waals surface area (Å²) in [5.74, 6) is 0.104. The maximum atomic E-state index is 13.1. The Labute approximate surface area is 101 Å². The summed E-state index contributed by atoms with van der Waals surface area (Å²) in [6.07, 6.45) is 0.848. The van der Waals surface area contributed by atoms with Crippen LogP contribution in [0.5, 0.6) is 0 Å². The molecule has 1 aromatic carbocycles. The van der Waals surface area contributed by atoms with E-state index in [4.69, 9.17) is 17.3 Å². The fourth-order valence-electron chi connectivity index (χ4n) is 1.39. The second-order valence-corrected chi connectivity index (χ2v) is 4.32. The molecule has 0 radical (unpaired) electrons. The van der Waals surface area contributed by atoms with Crippen molar-refractivity contribution in [1.82, 2.24) is 0 Å². The Balaban J connectivity index is 0.00000196. The van der Waals surface area contributed by atoms with Gasteiger partial charge in [-0.1, -0.05) is 31.5 Å². The average Bonchev–Trinajstić information content (AvgIpc) is 2.08. The molecule has 0 fully saturated rings. The first kappa shape index (κ1) is 14.7. The smallest absolute Gasteiger partial charge is 0.142 e. The van der Waals surface area contributed by atoms with E-state index in [9.17, 15) is 4.39 Å². The number of hydrogen-bond acceptors (Lipinski definition) is 1. The van der Waals surface area contributed by atoms with Crippen LogP contribution in [0.4, 0.5) is 4.39 Å². The van der Waals surface area contributed by atoms with Crippen molar-refractivity contribution in [3.63, 3.8) is 0 Å². The van der Waals surface area contributed by atoms with Crippen LogP contribution in [0, 0.1) is 11.7 Å². The molecule has 2 N–H and O–H groups in total. The predicted octanol–water partition coefficient (Wildman–Crippen LogP) is 3.95. The van der Waals surface area contributed by atoms with Crippen LogP contribution in [-0.4, -0.2) is 0 Å². The fourth-order valence-corrected chi connectivity index (χ4v) is 1.50. The molecule has 0 aliphatic carbocycles. The van der Waals surface area contributed by atoms with E-state index in [0.29, 0.717) is 5.92 Å². The van der Waals surface area contributed by atoms with Crippen molar-refractivity contribution in [2.24, 2.45) is 11.7 Å². The minimum absolute atomic E-state index is 0. The van der Waals surface area contributed by atoms with Crippen molar-refractivity contribution in [2.75, 3.05) is 0 Å². The van der Waals surface area contributed by atoms with E-state index in [0.717, 1.165) is 12.0 Å². The zero-order valence-corrected chi connectivity index (χ0v) is 10.4. The normalized spacial score (nSPS) is 12.4. The highest BCUT2D eigenvalue weighted by molar-refractivity contribution is 6.30. The number of rotatable bonds is 3. The Morgan fingerprint density at radius 3 is 2.47 bits per heavy atom. The van der Waals surface area contributed by atoms with Gasteiger partial charge in [0.25, 0.3) is 0 Å². The van der Waals surface area contributed by atoms with Crippen molar-refractivity contribution in [2.45, 2.75) is 26.3 Å². The predicted molar refractivity (Wildman–Crippen MR) is 65.0 cm³/mol. The van der Waals surface area contributed by atoms with Crippen molar-refractivity contribution in [3.05, 3.63) is 34.6 Å². The molecule has 0 saturated heterocycles. The quantitative estimate of drug-likeness (QED) is 0.866. The van der Waals surface area contributed by atoms with Crippen molar-refractivity contribution in [3.8, 4) is 0 Å². The lowest BCUT2D eigenvalue weighted by molar-refractivity contribution is 0.507. The van der Waals surface area contributed by atoms with Gasteiger partial charge in [-0.2, -0.15) is 0 Å². The van der Waals surface area contributed by atoms with Crippen LogP contribution >= 0.6 is 24.0 Å². The highest BCUT2D eigenvalue weighted by Crippen LogP contribution is 2.22. The Bertz CT molecular complexity index is 315. The molecule has 1 rings (SSSR count). The molecule has 0 aliphatic heterocycles.